The molecule has 5 nitrogen and oxygen atoms in total. The van der Waals surface area contributed by atoms with Crippen molar-refractivity contribution < 1.29 is 15.0 Å². The number of carboxylic acid groups (broad SMARTS) is 1. The third kappa shape index (κ3) is 5.44. The Kier molecular flexibility index (Phi) is 6.24. The highest BCUT2D eigenvalue weighted by Gasteiger charge is 2.00. The summed E-state index contributed by atoms with van der Waals surface area (Å²) in [5.74, 6) is -0.905. The molecule has 0 aliphatic rings. The fourth-order valence-corrected chi connectivity index (χ4v) is 1.38. The fourth-order valence-electron chi connectivity index (χ4n) is 1.38. The van der Waals surface area contributed by atoms with Crippen LogP contribution in [0, 0.1) is 0 Å². The normalized spacial score (nSPS) is 10.4. The van der Waals surface area contributed by atoms with Crippen LogP contribution < -0.4 is 10.6 Å². The maximum Gasteiger partial charge on any atom is 0.335 e. The first kappa shape index (κ1) is 13.6. The topological polar surface area (TPSA) is 81.6 Å². The van der Waals surface area contributed by atoms with Crippen molar-refractivity contribution in [1.82, 2.24) is 10.6 Å². The zero-order valence-electron chi connectivity index (χ0n) is 9.65. The number of rotatable bonds is 8. The molecule has 0 unspecified atom stereocenters. The lowest BCUT2D eigenvalue weighted by Gasteiger charge is -2.06. The highest BCUT2D eigenvalue weighted by atomic mass is 16.4. The van der Waals surface area contributed by atoms with Crippen LogP contribution in [-0.2, 0) is 6.54 Å². The van der Waals surface area contributed by atoms with Gasteiger partial charge in [0, 0.05) is 26.2 Å². The summed E-state index contributed by atoms with van der Waals surface area (Å²) in [5.41, 5.74) is 1.36. The van der Waals surface area contributed by atoms with Crippen LogP contribution in [-0.4, -0.2) is 42.4 Å². The van der Waals surface area contributed by atoms with Gasteiger partial charge in [-0.05, 0) is 17.7 Å². The molecule has 0 aliphatic heterocycles. The molecular weight excluding hydrogens is 220 g/mol. The summed E-state index contributed by atoms with van der Waals surface area (Å²) in [6.07, 6.45) is 0. The molecule has 0 radical (unpaired) electrons. The van der Waals surface area contributed by atoms with Crippen LogP contribution in [0.4, 0.5) is 0 Å². The van der Waals surface area contributed by atoms with E-state index in [4.69, 9.17) is 10.2 Å². The maximum absolute atomic E-state index is 10.6. The molecule has 4 N–H and O–H groups in total. The summed E-state index contributed by atoms with van der Waals surface area (Å²) < 4.78 is 0. The Morgan fingerprint density at radius 1 is 1.06 bits per heavy atom. The first-order chi connectivity index (χ1) is 8.24. The third-order valence-corrected chi connectivity index (χ3v) is 2.30. The number of aliphatic hydroxyl groups is 1. The average Bonchev–Trinajstić information content (AvgIpc) is 2.34. The molecule has 5 heteroatoms. The number of aromatic carboxylic acids is 1. The van der Waals surface area contributed by atoms with Crippen molar-refractivity contribution in [2.75, 3.05) is 26.2 Å². The lowest BCUT2D eigenvalue weighted by Crippen LogP contribution is -2.28. The van der Waals surface area contributed by atoms with Gasteiger partial charge in [-0.2, -0.15) is 0 Å². The molecule has 0 fully saturated rings. The molecule has 0 amide bonds. The van der Waals surface area contributed by atoms with Crippen molar-refractivity contribution in [2.24, 2.45) is 0 Å². The van der Waals surface area contributed by atoms with Crippen LogP contribution in [0.1, 0.15) is 15.9 Å². The Balaban J connectivity index is 2.21. The molecular formula is C12H18N2O3. The Hall–Kier alpha value is -1.43. The van der Waals surface area contributed by atoms with E-state index < -0.39 is 5.97 Å². The molecule has 17 heavy (non-hydrogen) atoms. The minimum atomic E-state index is -0.905. The summed E-state index contributed by atoms with van der Waals surface area (Å²) in [4.78, 5) is 10.6. The molecule has 0 saturated heterocycles. The second-order valence-corrected chi connectivity index (χ2v) is 3.65. The lowest BCUT2D eigenvalue weighted by molar-refractivity contribution is 0.0697. The van der Waals surface area contributed by atoms with Gasteiger partial charge in [0.1, 0.15) is 0 Å². The Bertz CT molecular complexity index is 338. The van der Waals surface area contributed by atoms with E-state index in [-0.39, 0.29) is 6.61 Å². The van der Waals surface area contributed by atoms with Gasteiger partial charge in [0.2, 0.25) is 0 Å². The summed E-state index contributed by atoms with van der Waals surface area (Å²) in [5, 5.41) is 23.5. The van der Waals surface area contributed by atoms with E-state index in [2.05, 4.69) is 10.6 Å². The molecule has 0 spiro atoms. The van der Waals surface area contributed by atoms with E-state index in [1.165, 1.54) is 0 Å². The summed E-state index contributed by atoms with van der Waals surface area (Å²) >= 11 is 0. The Morgan fingerprint density at radius 3 is 2.29 bits per heavy atom. The highest BCUT2D eigenvalue weighted by molar-refractivity contribution is 5.87. The number of hydrogen-bond donors (Lipinski definition) is 4. The number of aliphatic hydroxyl groups excluding tert-OH is 1. The fraction of sp³-hybridized carbons (Fsp3) is 0.417. The predicted octanol–water partition coefficient (Wildman–Crippen LogP) is 0.0563. The van der Waals surface area contributed by atoms with Crippen molar-refractivity contribution in [3.05, 3.63) is 35.4 Å². The largest absolute Gasteiger partial charge is 0.478 e. The van der Waals surface area contributed by atoms with Crippen LogP contribution in [0.25, 0.3) is 0 Å². The van der Waals surface area contributed by atoms with Crippen molar-refractivity contribution in [2.45, 2.75) is 6.54 Å². The molecule has 0 bridgehead atoms. The summed E-state index contributed by atoms with van der Waals surface area (Å²) in [6, 6.07) is 6.81. The number of hydrogen-bond acceptors (Lipinski definition) is 4. The van der Waals surface area contributed by atoms with Crippen LogP contribution in [0.3, 0.4) is 0 Å². The minimum absolute atomic E-state index is 0.149. The van der Waals surface area contributed by atoms with Crippen LogP contribution in [0.15, 0.2) is 24.3 Å². The van der Waals surface area contributed by atoms with Crippen LogP contribution >= 0.6 is 0 Å². The average molecular weight is 238 g/mol. The summed E-state index contributed by atoms with van der Waals surface area (Å²) in [6.45, 7) is 3.07. The molecule has 1 rings (SSSR count). The van der Waals surface area contributed by atoms with E-state index in [1.807, 2.05) is 0 Å². The molecule has 0 atom stereocenters. The zero-order valence-corrected chi connectivity index (χ0v) is 9.65. The van der Waals surface area contributed by atoms with Crippen LogP contribution in [0.5, 0.6) is 0 Å². The number of nitrogens with one attached hydrogen (secondary N) is 2. The van der Waals surface area contributed by atoms with Gasteiger partial charge < -0.3 is 20.8 Å². The maximum atomic E-state index is 10.6. The molecule has 0 saturated carbocycles. The van der Waals surface area contributed by atoms with E-state index in [1.54, 1.807) is 24.3 Å². The summed E-state index contributed by atoms with van der Waals surface area (Å²) in [7, 11) is 0. The first-order valence-corrected chi connectivity index (χ1v) is 5.58. The molecule has 0 heterocycles. The van der Waals surface area contributed by atoms with Gasteiger partial charge in [-0.25, -0.2) is 4.79 Å². The SMILES string of the molecule is O=C(O)c1ccc(CNCCNCCO)cc1. The van der Waals surface area contributed by atoms with Gasteiger partial charge in [-0.3, -0.25) is 0 Å². The third-order valence-electron chi connectivity index (χ3n) is 2.30. The number of benzene rings is 1. The second kappa shape index (κ2) is 7.78. The van der Waals surface area contributed by atoms with Crippen molar-refractivity contribution in [3.8, 4) is 0 Å². The van der Waals surface area contributed by atoms with Crippen molar-refractivity contribution in [1.29, 1.82) is 0 Å². The molecule has 1 aromatic carbocycles. The smallest absolute Gasteiger partial charge is 0.335 e. The van der Waals surface area contributed by atoms with E-state index in [0.717, 1.165) is 18.7 Å². The quantitative estimate of drug-likeness (QED) is 0.481. The molecule has 0 aromatic heterocycles. The highest BCUT2D eigenvalue weighted by Crippen LogP contribution is 2.03. The van der Waals surface area contributed by atoms with E-state index in [0.29, 0.717) is 18.7 Å². The van der Waals surface area contributed by atoms with Gasteiger partial charge in [-0.1, -0.05) is 12.1 Å². The Labute approximate surface area is 100 Å². The monoisotopic (exact) mass is 238 g/mol. The lowest BCUT2D eigenvalue weighted by atomic mass is 10.1. The first-order valence-electron chi connectivity index (χ1n) is 5.58. The van der Waals surface area contributed by atoms with Gasteiger partial charge >= 0.3 is 5.97 Å². The Morgan fingerprint density at radius 2 is 1.71 bits per heavy atom. The van der Waals surface area contributed by atoms with E-state index >= 15 is 0 Å². The van der Waals surface area contributed by atoms with Gasteiger partial charge in [0.05, 0.1) is 12.2 Å². The van der Waals surface area contributed by atoms with Gasteiger partial charge in [0.25, 0.3) is 0 Å². The molecule has 0 aliphatic carbocycles. The van der Waals surface area contributed by atoms with Crippen molar-refractivity contribution in [3.63, 3.8) is 0 Å². The van der Waals surface area contributed by atoms with Crippen molar-refractivity contribution >= 4 is 5.97 Å². The van der Waals surface area contributed by atoms with Gasteiger partial charge in [0.15, 0.2) is 0 Å². The zero-order chi connectivity index (χ0) is 12.5. The molecule has 1 aromatic rings. The molecule has 94 valence electrons. The minimum Gasteiger partial charge on any atom is -0.478 e. The number of carboxylic acids is 1. The van der Waals surface area contributed by atoms with Crippen LogP contribution in [0.2, 0.25) is 0 Å². The predicted molar refractivity (Wildman–Crippen MR) is 65.1 cm³/mol. The number of carbonyl (C=O) groups is 1. The standard InChI is InChI=1S/C12H18N2O3/c15-8-7-13-5-6-14-9-10-1-3-11(4-2-10)12(16)17/h1-4,13-15H,5-9H2,(H,16,17). The van der Waals surface area contributed by atoms with E-state index in [9.17, 15) is 4.79 Å². The van der Waals surface area contributed by atoms with Gasteiger partial charge in [-0.15, -0.1) is 0 Å². The second-order valence-electron chi connectivity index (χ2n) is 3.65.